The predicted molar refractivity (Wildman–Crippen MR) is 206 cm³/mol. The van der Waals surface area contributed by atoms with Crippen LogP contribution in [0.5, 0.6) is 0 Å². The first-order valence-corrected chi connectivity index (χ1v) is 16.7. The van der Waals surface area contributed by atoms with E-state index >= 15 is 0 Å². The third-order valence-corrected chi connectivity index (χ3v) is 9.75. The first kappa shape index (κ1) is 27.5. The van der Waals surface area contributed by atoms with E-state index in [9.17, 15) is 0 Å². The molecule has 0 saturated heterocycles. The summed E-state index contributed by atoms with van der Waals surface area (Å²) in [6.07, 6.45) is 0. The summed E-state index contributed by atoms with van der Waals surface area (Å²) in [5, 5.41) is 7.01. The van der Waals surface area contributed by atoms with Gasteiger partial charge in [0.15, 0.2) is 0 Å². The van der Waals surface area contributed by atoms with Gasteiger partial charge >= 0.3 is 0 Å². The van der Waals surface area contributed by atoms with E-state index in [4.69, 9.17) is 4.42 Å². The Morgan fingerprint density at radius 3 is 1.78 bits per heavy atom. The van der Waals surface area contributed by atoms with Crippen molar-refractivity contribution < 1.29 is 4.42 Å². The lowest BCUT2D eigenvalue weighted by Gasteiger charge is -2.25. The lowest BCUT2D eigenvalue weighted by molar-refractivity contribution is 0.673. The minimum Gasteiger partial charge on any atom is -0.455 e. The Balaban J connectivity index is 1.28. The molecule has 0 fully saturated rings. The van der Waals surface area contributed by atoms with Crippen LogP contribution in [-0.4, -0.2) is 4.57 Å². The van der Waals surface area contributed by atoms with Crippen molar-refractivity contribution in [2.45, 2.75) is 0 Å². The summed E-state index contributed by atoms with van der Waals surface area (Å²) in [6, 6.07) is 64.8. The highest BCUT2D eigenvalue weighted by molar-refractivity contribution is 6.28. The summed E-state index contributed by atoms with van der Waals surface area (Å²) in [6.45, 7) is 0. The van der Waals surface area contributed by atoms with Gasteiger partial charge in [0.05, 0.1) is 16.4 Å². The van der Waals surface area contributed by atoms with E-state index in [0.29, 0.717) is 0 Å². The summed E-state index contributed by atoms with van der Waals surface area (Å²) in [5.41, 5.74) is 10.9. The van der Waals surface area contributed by atoms with Gasteiger partial charge in [-0.15, -0.1) is 0 Å². The van der Waals surface area contributed by atoms with Crippen molar-refractivity contribution in [3.05, 3.63) is 182 Å². The van der Waals surface area contributed by atoms with Gasteiger partial charge in [-0.2, -0.15) is 0 Å². The number of hydrogen-bond acceptors (Lipinski definition) is 2. The number of benzene rings is 8. The summed E-state index contributed by atoms with van der Waals surface area (Å²) in [4.78, 5) is 2.30. The molecular formula is C46H30N2O. The molecular weight excluding hydrogens is 597 g/mol. The van der Waals surface area contributed by atoms with Crippen LogP contribution in [0.3, 0.4) is 0 Å². The average molecular weight is 627 g/mol. The minimum atomic E-state index is 0.900. The van der Waals surface area contributed by atoms with Crippen LogP contribution in [0.1, 0.15) is 0 Å². The van der Waals surface area contributed by atoms with E-state index in [-0.39, 0.29) is 0 Å². The standard InChI is InChI=1S/C46H30N2O/c1-3-16-32(17-4-1)47(33-18-5-2-6-19-33)34-26-28-35(29-27-34)48-42-24-11-9-22-39(42)44-45(48)40(37-23-13-15-31-14-7-8-20-36(31)37)30-41-38-21-10-12-25-43(38)49-46(41)44/h1-30H. The van der Waals surface area contributed by atoms with Crippen LogP contribution in [0.2, 0.25) is 0 Å². The lowest BCUT2D eigenvalue weighted by atomic mass is 9.94. The van der Waals surface area contributed by atoms with Gasteiger partial charge in [-0.25, -0.2) is 0 Å². The van der Waals surface area contributed by atoms with Crippen molar-refractivity contribution >= 4 is 71.6 Å². The Hall–Kier alpha value is -6.58. The first-order valence-electron chi connectivity index (χ1n) is 16.7. The SMILES string of the molecule is c1ccc(N(c2ccccc2)c2ccc(-n3c4ccccc4c4c5oc6ccccc6c5cc(-c5cccc6ccccc56)c43)cc2)cc1. The van der Waals surface area contributed by atoms with E-state index in [1.165, 1.54) is 27.3 Å². The molecule has 3 nitrogen and oxygen atoms in total. The van der Waals surface area contributed by atoms with Gasteiger partial charge in [0, 0.05) is 44.5 Å². The maximum absolute atomic E-state index is 6.73. The maximum Gasteiger partial charge on any atom is 0.145 e. The summed E-state index contributed by atoms with van der Waals surface area (Å²) in [5.74, 6) is 0. The number of rotatable bonds is 5. The zero-order valence-electron chi connectivity index (χ0n) is 26.6. The Morgan fingerprint density at radius 1 is 0.429 bits per heavy atom. The Bertz CT molecular complexity index is 2770. The van der Waals surface area contributed by atoms with Crippen molar-refractivity contribution in [1.82, 2.24) is 4.57 Å². The molecule has 0 unspecified atom stereocenters. The van der Waals surface area contributed by atoms with E-state index in [0.717, 1.165) is 61.1 Å². The first-order chi connectivity index (χ1) is 24.3. The quantitative estimate of drug-likeness (QED) is 0.190. The molecule has 0 atom stereocenters. The van der Waals surface area contributed by atoms with Crippen molar-refractivity contribution in [1.29, 1.82) is 0 Å². The topological polar surface area (TPSA) is 21.3 Å². The van der Waals surface area contributed by atoms with Gasteiger partial charge in [-0.1, -0.05) is 115 Å². The number of aromatic nitrogens is 1. The molecule has 0 amide bonds. The third-order valence-electron chi connectivity index (χ3n) is 9.75. The molecule has 0 bridgehead atoms. The molecule has 0 aliphatic rings. The fourth-order valence-electron chi connectivity index (χ4n) is 7.62. The van der Waals surface area contributed by atoms with Gasteiger partial charge < -0.3 is 13.9 Å². The monoisotopic (exact) mass is 626 g/mol. The van der Waals surface area contributed by atoms with Crippen LogP contribution >= 0.6 is 0 Å². The van der Waals surface area contributed by atoms with Crippen LogP contribution in [-0.2, 0) is 0 Å². The largest absolute Gasteiger partial charge is 0.455 e. The number of furan rings is 1. The lowest BCUT2D eigenvalue weighted by Crippen LogP contribution is -2.09. The molecule has 0 aliphatic heterocycles. The van der Waals surface area contributed by atoms with E-state index in [1.54, 1.807) is 0 Å². The van der Waals surface area contributed by atoms with Crippen molar-refractivity contribution in [2.75, 3.05) is 4.90 Å². The normalized spacial score (nSPS) is 11.7. The van der Waals surface area contributed by atoms with Crippen LogP contribution in [0.4, 0.5) is 17.1 Å². The zero-order chi connectivity index (χ0) is 32.3. The number of anilines is 3. The Labute approximate surface area is 283 Å². The molecule has 8 aromatic carbocycles. The van der Waals surface area contributed by atoms with Crippen molar-refractivity contribution in [2.24, 2.45) is 0 Å². The third kappa shape index (κ3) is 4.29. The molecule has 0 spiro atoms. The zero-order valence-corrected chi connectivity index (χ0v) is 26.6. The molecule has 230 valence electrons. The van der Waals surface area contributed by atoms with Crippen molar-refractivity contribution in [3.8, 4) is 16.8 Å². The molecule has 10 rings (SSSR count). The van der Waals surface area contributed by atoms with E-state index < -0.39 is 0 Å². The Morgan fingerprint density at radius 2 is 1.02 bits per heavy atom. The highest BCUT2D eigenvalue weighted by Gasteiger charge is 2.23. The van der Waals surface area contributed by atoms with Gasteiger partial charge in [-0.05, 0) is 83.1 Å². The average Bonchev–Trinajstić information content (AvgIpc) is 3.72. The smallest absolute Gasteiger partial charge is 0.145 e. The fraction of sp³-hybridized carbons (Fsp3) is 0. The molecule has 0 aliphatic carbocycles. The van der Waals surface area contributed by atoms with Gasteiger partial charge in [0.2, 0.25) is 0 Å². The summed E-state index contributed by atoms with van der Waals surface area (Å²) >= 11 is 0. The molecule has 0 radical (unpaired) electrons. The number of hydrogen-bond donors (Lipinski definition) is 0. The summed E-state index contributed by atoms with van der Waals surface area (Å²) < 4.78 is 9.15. The van der Waals surface area contributed by atoms with E-state index in [1.807, 2.05) is 6.07 Å². The number of para-hydroxylation sites is 4. The molecule has 49 heavy (non-hydrogen) atoms. The van der Waals surface area contributed by atoms with Gasteiger partial charge in [-0.3, -0.25) is 0 Å². The summed E-state index contributed by atoms with van der Waals surface area (Å²) in [7, 11) is 0. The second kappa shape index (κ2) is 11.0. The molecule has 2 aromatic heterocycles. The van der Waals surface area contributed by atoms with Crippen LogP contribution in [0, 0.1) is 0 Å². The predicted octanol–water partition coefficient (Wildman–Crippen LogP) is 13.0. The van der Waals surface area contributed by atoms with Crippen LogP contribution < -0.4 is 4.90 Å². The molecule has 2 heterocycles. The molecule has 3 heteroatoms. The van der Waals surface area contributed by atoms with Crippen LogP contribution in [0.25, 0.3) is 71.3 Å². The van der Waals surface area contributed by atoms with Gasteiger partial charge in [0.25, 0.3) is 0 Å². The molecule has 0 N–H and O–H groups in total. The maximum atomic E-state index is 6.73. The van der Waals surface area contributed by atoms with E-state index in [2.05, 4.69) is 185 Å². The van der Waals surface area contributed by atoms with Crippen molar-refractivity contribution in [3.63, 3.8) is 0 Å². The Kier molecular flexibility index (Phi) is 6.18. The number of nitrogens with zero attached hydrogens (tertiary/aromatic N) is 2. The second-order valence-electron chi connectivity index (χ2n) is 12.5. The van der Waals surface area contributed by atoms with Gasteiger partial charge in [0.1, 0.15) is 11.2 Å². The highest BCUT2D eigenvalue weighted by atomic mass is 16.3. The fourth-order valence-corrected chi connectivity index (χ4v) is 7.62. The molecule has 0 saturated carbocycles. The molecule has 10 aromatic rings. The number of fused-ring (bicyclic) bond motifs is 8. The minimum absolute atomic E-state index is 0.900. The second-order valence-corrected chi connectivity index (χ2v) is 12.5. The van der Waals surface area contributed by atoms with Crippen LogP contribution in [0.15, 0.2) is 186 Å². The highest BCUT2D eigenvalue weighted by Crippen LogP contribution is 2.46.